The summed E-state index contributed by atoms with van der Waals surface area (Å²) in [5.41, 5.74) is 0.209. The summed E-state index contributed by atoms with van der Waals surface area (Å²) >= 11 is 0. The van der Waals surface area contributed by atoms with E-state index in [2.05, 4.69) is 15.4 Å². The van der Waals surface area contributed by atoms with Crippen molar-refractivity contribution >= 4 is 41.5 Å². The Morgan fingerprint density at radius 2 is 2.21 bits per heavy atom. The lowest BCUT2D eigenvalue weighted by Gasteiger charge is -2.39. The molecule has 2 N–H and O–H groups in total. The van der Waals surface area contributed by atoms with E-state index in [1.54, 1.807) is 22.8 Å². The molecule has 1 aliphatic heterocycles. The highest BCUT2D eigenvalue weighted by molar-refractivity contribution is 14.0. The molecule has 0 unspecified atom stereocenters. The zero-order valence-electron chi connectivity index (χ0n) is 14.1. The predicted octanol–water partition coefficient (Wildman–Crippen LogP) is 0.177. The van der Waals surface area contributed by atoms with E-state index in [1.165, 1.54) is 0 Å². The minimum atomic E-state index is -0.614. The molecule has 0 spiro atoms. The van der Waals surface area contributed by atoms with Gasteiger partial charge in [0.05, 0.1) is 17.5 Å². The van der Waals surface area contributed by atoms with Crippen LogP contribution in [0.3, 0.4) is 0 Å². The summed E-state index contributed by atoms with van der Waals surface area (Å²) in [6.45, 7) is 2.04. The zero-order valence-corrected chi connectivity index (χ0v) is 16.4. The van der Waals surface area contributed by atoms with E-state index in [0.29, 0.717) is 25.6 Å². The monoisotopic (exact) mass is 448 g/mol. The Morgan fingerprint density at radius 3 is 2.71 bits per heavy atom. The molecule has 1 saturated carbocycles. The van der Waals surface area contributed by atoms with Crippen LogP contribution in [0.1, 0.15) is 19.3 Å². The van der Waals surface area contributed by atoms with Gasteiger partial charge in [-0.3, -0.25) is 14.5 Å². The number of nitrogens with one attached hydrogen (secondary N) is 1. The van der Waals surface area contributed by atoms with Crippen LogP contribution in [-0.4, -0.2) is 70.5 Å². The highest BCUT2D eigenvalue weighted by atomic mass is 127. The van der Waals surface area contributed by atoms with E-state index in [4.69, 9.17) is 0 Å². The van der Waals surface area contributed by atoms with E-state index in [0.717, 1.165) is 24.9 Å². The molecular formula is C15H25IN6O2. The Hall–Kier alpha value is -1.36. The van der Waals surface area contributed by atoms with E-state index >= 15 is 0 Å². The molecule has 1 aliphatic carbocycles. The number of carbonyl (C=O) groups excluding carboxylic acids is 1. The van der Waals surface area contributed by atoms with Gasteiger partial charge in [-0.05, 0) is 19.3 Å². The standard InChI is InChI=1S/C15H24N6O2.HI/c1-16-14(17-11-15(23)4-3-5-15)20-6-7-21(13(22)10-20)12-8-18-19(2)9-12;/h8-9,23H,3-7,10-11H2,1-2H3,(H,16,17);1H. The second kappa shape index (κ2) is 7.68. The lowest BCUT2D eigenvalue weighted by molar-refractivity contribution is -0.120. The normalized spacial score (nSPS) is 20.5. The first-order chi connectivity index (χ1) is 11.0. The number of aryl methyl sites for hydroxylation is 1. The number of aliphatic hydroxyl groups is 1. The predicted molar refractivity (Wildman–Crippen MR) is 103 cm³/mol. The van der Waals surface area contributed by atoms with Gasteiger partial charge in [-0.25, -0.2) is 0 Å². The molecule has 0 radical (unpaired) electrons. The van der Waals surface area contributed by atoms with E-state index in [1.807, 2.05) is 18.1 Å². The number of rotatable bonds is 3. The number of halogens is 1. The molecule has 2 aliphatic rings. The fraction of sp³-hybridized carbons (Fsp3) is 0.667. The van der Waals surface area contributed by atoms with Gasteiger partial charge >= 0.3 is 0 Å². The number of aliphatic imine (C=N–C) groups is 1. The van der Waals surface area contributed by atoms with Crippen LogP contribution in [0.5, 0.6) is 0 Å². The molecule has 0 aromatic carbocycles. The molecule has 1 amide bonds. The first-order valence-corrected chi connectivity index (χ1v) is 7.98. The maximum atomic E-state index is 12.4. The maximum Gasteiger partial charge on any atom is 0.246 e. The Morgan fingerprint density at radius 1 is 1.46 bits per heavy atom. The smallest absolute Gasteiger partial charge is 0.246 e. The molecular weight excluding hydrogens is 423 g/mol. The lowest BCUT2D eigenvalue weighted by Crippen LogP contribution is -2.57. The molecule has 0 atom stereocenters. The van der Waals surface area contributed by atoms with Crippen molar-refractivity contribution in [3.8, 4) is 0 Å². The second-order valence-corrected chi connectivity index (χ2v) is 6.32. The largest absolute Gasteiger partial charge is 0.388 e. The van der Waals surface area contributed by atoms with Gasteiger partial charge in [0.2, 0.25) is 5.91 Å². The number of nitrogens with zero attached hydrogens (tertiary/aromatic N) is 5. The summed E-state index contributed by atoms with van der Waals surface area (Å²) in [5, 5.41) is 17.5. The number of hydrogen-bond acceptors (Lipinski definition) is 4. The Balaban J connectivity index is 0.00000208. The molecule has 0 bridgehead atoms. The number of carbonyl (C=O) groups is 1. The minimum Gasteiger partial charge on any atom is -0.388 e. The summed E-state index contributed by atoms with van der Waals surface area (Å²) in [5.74, 6) is 0.694. The number of piperazine rings is 1. The van der Waals surface area contributed by atoms with Gasteiger partial charge in [0.25, 0.3) is 0 Å². The first-order valence-electron chi connectivity index (χ1n) is 7.98. The third kappa shape index (κ3) is 4.00. The average molecular weight is 448 g/mol. The first kappa shape index (κ1) is 19.0. The Labute approximate surface area is 158 Å². The molecule has 9 heteroatoms. The average Bonchev–Trinajstić information content (AvgIpc) is 2.92. The van der Waals surface area contributed by atoms with Crippen LogP contribution in [0.4, 0.5) is 5.69 Å². The van der Waals surface area contributed by atoms with E-state index in [9.17, 15) is 9.90 Å². The molecule has 8 nitrogen and oxygen atoms in total. The van der Waals surface area contributed by atoms with Crippen molar-refractivity contribution in [2.24, 2.45) is 12.0 Å². The van der Waals surface area contributed by atoms with Gasteiger partial charge in [0, 0.05) is 39.9 Å². The third-order valence-electron chi connectivity index (χ3n) is 4.59. The van der Waals surface area contributed by atoms with Crippen LogP contribution in [0, 0.1) is 0 Å². The van der Waals surface area contributed by atoms with Crippen molar-refractivity contribution in [1.29, 1.82) is 0 Å². The van der Waals surface area contributed by atoms with Gasteiger partial charge in [-0.15, -0.1) is 24.0 Å². The molecule has 2 heterocycles. The highest BCUT2D eigenvalue weighted by Gasteiger charge is 2.35. The van der Waals surface area contributed by atoms with Crippen LogP contribution in [0.15, 0.2) is 17.4 Å². The fourth-order valence-corrected chi connectivity index (χ4v) is 3.01. The van der Waals surface area contributed by atoms with Gasteiger partial charge < -0.3 is 20.2 Å². The van der Waals surface area contributed by atoms with Gasteiger partial charge in [-0.2, -0.15) is 5.10 Å². The maximum absolute atomic E-state index is 12.4. The summed E-state index contributed by atoms with van der Waals surface area (Å²) in [4.78, 5) is 20.3. The van der Waals surface area contributed by atoms with Crippen LogP contribution in [0.25, 0.3) is 0 Å². The second-order valence-electron chi connectivity index (χ2n) is 6.32. The van der Waals surface area contributed by atoms with Crippen molar-refractivity contribution in [1.82, 2.24) is 20.0 Å². The van der Waals surface area contributed by atoms with Crippen molar-refractivity contribution in [3.63, 3.8) is 0 Å². The highest BCUT2D eigenvalue weighted by Crippen LogP contribution is 2.30. The fourth-order valence-electron chi connectivity index (χ4n) is 3.01. The van der Waals surface area contributed by atoms with Crippen molar-refractivity contribution in [2.75, 3.05) is 38.1 Å². The van der Waals surface area contributed by atoms with Crippen molar-refractivity contribution in [2.45, 2.75) is 24.9 Å². The number of amides is 1. The molecule has 134 valence electrons. The number of anilines is 1. The van der Waals surface area contributed by atoms with Crippen LogP contribution < -0.4 is 10.2 Å². The summed E-state index contributed by atoms with van der Waals surface area (Å²) in [7, 11) is 3.53. The summed E-state index contributed by atoms with van der Waals surface area (Å²) in [6, 6.07) is 0. The Bertz CT molecular complexity index is 613. The zero-order chi connectivity index (χ0) is 16.4. The lowest BCUT2D eigenvalue weighted by atomic mass is 9.80. The number of hydrogen-bond donors (Lipinski definition) is 2. The summed E-state index contributed by atoms with van der Waals surface area (Å²) in [6.07, 6.45) is 6.26. The topological polar surface area (TPSA) is 86.0 Å². The third-order valence-corrected chi connectivity index (χ3v) is 4.59. The van der Waals surface area contributed by atoms with Gasteiger partial charge in [0.15, 0.2) is 5.96 Å². The SMILES string of the molecule is CN=C(NCC1(O)CCC1)N1CCN(c2cnn(C)c2)C(=O)C1.I. The molecule has 1 aromatic rings. The van der Waals surface area contributed by atoms with Gasteiger partial charge in [-0.1, -0.05) is 0 Å². The van der Waals surface area contributed by atoms with Gasteiger partial charge in [0.1, 0.15) is 6.54 Å². The minimum absolute atomic E-state index is 0. The molecule has 3 rings (SSSR count). The van der Waals surface area contributed by atoms with Crippen LogP contribution in [-0.2, 0) is 11.8 Å². The van der Waals surface area contributed by atoms with Crippen molar-refractivity contribution in [3.05, 3.63) is 12.4 Å². The quantitative estimate of drug-likeness (QED) is 0.392. The summed E-state index contributed by atoms with van der Waals surface area (Å²) < 4.78 is 1.69. The van der Waals surface area contributed by atoms with E-state index < -0.39 is 5.60 Å². The molecule has 1 saturated heterocycles. The van der Waals surface area contributed by atoms with Crippen LogP contribution >= 0.6 is 24.0 Å². The molecule has 2 fully saturated rings. The molecule has 1 aromatic heterocycles. The van der Waals surface area contributed by atoms with E-state index in [-0.39, 0.29) is 36.4 Å². The number of aromatic nitrogens is 2. The molecule has 24 heavy (non-hydrogen) atoms. The Kier molecular flexibility index (Phi) is 6.07. The van der Waals surface area contributed by atoms with Crippen LogP contribution in [0.2, 0.25) is 0 Å². The van der Waals surface area contributed by atoms with Crippen molar-refractivity contribution < 1.29 is 9.90 Å². The number of guanidine groups is 1.